The van der Waals surface area contributed by atoms with Crippen LogP contribution in [0, 0.1) is 6.92 Å². The lowest BCUT2D eigenvalue weighted by Crippen LogP contribution is -1.96. The number of hydrogen-bond acceptors (Lipinski definition) is 2. The third kappa shape index (κ3) is 1.91. The first kappa shape index (κ1) is 10.7. The molecule has 0 saturated heterocycles. The highest BCUT2D eigenvalue weighted by atomic mass is 15.4. The molecular weight excluding hydrogens is 222 g/mol. The van der Waals surface area contributed by atoms with Gasteiger partial charge in [0.05, 0.1) is 11.9 Å². The fourth-order valence-corrected chi connectivity index (χ4v) is 1.94. The van der Waals surface area contributed by atoms with E-state index in [1.54, 1.807) is 0 Å². The maximum atomic E-state index is 4.22. The standard InChI is InChI=1S/C15H13N3/c1-12-7-5-6-10-15(12)18-11-14(16-17-18)13-8-3-2-4-9-13/h2-11H,1H3. The molecule has 2 aromatic carbocycles. The van der Waals surface area contributed by atoms with Gasteiger partial charge in [0.25, 0.3) is 0 Å². The fourth-order valence-electron chi connectivity index (χ4n) is 1.94. The van der Waals surface area contributed by atoms with Gasteiger partial charge in [-0.05, 0) is 18.6 Å². The molecule has 0 aliphatic rings. The number of aromatic nitrogens is 3. The second-order valence-electron chi connectivity index (χ2n) is 4.20. The number of para-hydroxylation sites is 1. The number of hydrogen-bond donors (Lipinski definition) is 0. The molecular formula is C15H13N3. The highest BCUT2D eigenvalue weighted by molar-refractivity contribution is 5.58. The Morgan fingerprint density at radius 3 is 2.39 bits per heavy atom. The summed E-state index contributed by atoms with van der Waals surface area (Å²) >= 11 is 0. The topological polar surface area (TPSA) is 30.7 Å². The number of aryl methyl sites for hydroxylation is 1. The second kappa shape index (κ2) is 4.45. The molecule has 0 spiro atoms. The van der Waals surface area contributed by atoms with Gasteiger partial charge in [-0.1, -0.05) is 53.7 Å². The normalized spacial score (nSPS) is 10.5. The molecule has 0 saturated carbocycles. The van der Waals surface area contributed by atoms with Crippen LogP contribution < -0.4 is 0 Å². The molecule has 3 aromatic rings. The van der Waals surface area contributed by atoms with E-state index in [2.05, 4.69) is 23.3 Å². The molecule has 0 atom stereocenters. The predicted octanol–water partition coefficient (Wildman–Crippen LogP) is 3.24. The third-order valence-electron chi connectivity index (χ3n) is 2.93. The van der Waals surface area contributed by atoms with Crippen molar-refractivity contribution in [3.05, 3.63) is 66.4 Å². The maximum absolute atomic E-state index is 4.22. The predicted molar refractivity (Wildman–Crippen MR) is 71.5 cm³/mol. The summed E-state index contributed by atoms with van der Waals surface area (Å²) in [4.78, 5) is 0. The van der Waals surface area contributed by atoms with Gasteiger partial charge >= 0.3 is 0 Å². The summed E-state index contributed by atoms with van der Waals surface area (Å²) in [7, 11) is 0. The molecule has 0 fully saturated rings. The molecule has 3 heteroatoms. The van der Waals surface area contributed by atoms with E-state index in [1.807, 2.05) is 59.4 Å². The molecule has 0 radical (unpaired) electrons. The molecule has 18 heavy (non-hydrogen) atoms. The van der Waals surface area contributed by atoms with Crippen LogP contribution in [0.5, 0.6) is 0 Å². The quantitative estimate of drug-likeness (QED) is 0.682. The van der Waals surface area contributed by atoms with Crippen LogP contribution in [0.4, 0.5) is 0 Å². The molecule has 0 unspecified atom stereocenters. The molecule has 0 bridgehead atoms. The minimum Gasteiger partial charge on any atom is -0.220 e. The molecule has 0 aliphatic heterocycles. The van der Waals surface area contributed by atoms with Crippen LogP contribution in [0.2, 0.25) is 0 Å². The lowest BCUT2D eigenvalue weighted by molar-refractivity contribution is 0.799. The van der Waals surface area contributed by atoms with Crippen molar-refractivity contribution in [1.82, 2.24) is 15.0 Å². The van der Waals surface area contributed by atoms with Crippen LogP contribution in [0.15, 0.2) is 60.8 Å². The summed E-state index contributed by atoms with van der Waals surface area (Å²) in [5.41, 5.74) is 4.21. The molecule has 3 nitrogen and oxygen atoms in total. The van der Waals surface area contributed by atoms with Crippen LogP contribution >= 0.6 is 0 Å². The third-order valence-corrected chi connectivity index (χ3v) is 2.93. The average Bonchev–Trinajstić information content (AvgIpc) is 2.90. The Labute approximate surface area is 106 Å². The highest BCUT2D eigenvalue weighted by Gasteiger charge is 2.05. The fraction of sp³-hybridized carbons (Fsp3) is 0.0667. The van der Waals surface area contributed by atoms with Crippen molar-refractivity contribution in [2.75, 3.05) is 0 Å². The molecule has 0 N–H and O–H groups in total. The molecule has 88 valence electrons. The van der Waals surface area contributed by atoms with E-state index in [9.17, 15) is 0 Å². The summed E-state index contributed by atoms with van der Waals surface area (Å²) in [6, 6.07) is 18.2. The SMILES string of the molecule is Cc1ccccc1-n1cc(-c2ccccc2)nn1. The summed E-state index contributed by atoms with van der Waals surface area (Å²) < 4.78 is 1.82. The number of benzene rings is 2. The smallest absolute Gasteiger partial charge is 0.113 e. The van der Waals surface area contributed by atoms with Gasteiger partial charge in [0.1, 0.15) is 5.69 Å². The van der Waals surface area contributed by atoms with Crippen molar-refractivity contribution in [3.8, 4) is 16.9 Å². The zero-order valence-electron chi connectivity index (χ0n) is 10.1. The first-order valence-electron chi connectivity index (χ1n) is 5.88. The van der Waals surface area contributed by atoms with E-state index in [0.717, 1.165) is 16.9 Å². The van der Waals surface area contributed by atoms with Crippen molar-refractivity contribution in [3.63, 3.8) is 0 Å². The highest BCUT2D eigenvalue weighted by Crippen LogP contribution is 2.18. The van der Waals surface area contributed by atoms with Crippen molar-refractivity contribution in [2.24, 2.45) is 0 Å². The molecule has 0 aliphatic carbocycles. The average molecular weight is 235 g/mol. The Balaban J connectivity index is 2.03. The van der Waals surface area contributed by atoms with Crippen molar-refractivity contribution in [1.29, 1.82) is 0 Å². The van der Waals surface area contributed by atoms with Gasteiger partial charge in [0.2, 0.25) is 0 Å². The van der Waals surface area contributed by atoms with E-state index >= 15 is 0 Å². The van der Waals surface area contributed by atoms with Crippen LogP contribution in [0.1, 0.15) is 5.56 Å². The van der Waals surface area contributed by atoms with Crippen LogP contribution in [0.25, 0.3) is 16.9 Å². The van der Waals surface area contributed by atoms with Crippen LogP contribution in [0.3, 0.4) is 0 Å². The molecule has 0 amide bonds. The summed E-state index contributed by atoms with van der Waals surface area (Å²) in [6.45, 7) is 2.07. The lowest BCUT2D eigenvalue weighted by Gasteiger charge is -2.02. The molecule has 1 aromatic heterocycles. The van der Waals surface area contributed by atoms with E-state index < -0.39 is 0 Å². The van der Waals surface area contributed by atoms with E-state index in [4.69, 9.17) is 0 Å². The van der Waals surface area contributed by atoms with E-state index in [0.29, 0.717) is 0 Å². The first-order valence-corrected chi connectivity index (χ1v) is 5.88. The van der Waals surface area contributed by atoms with Gasteiger partial charge in [-0.25, -0.2) is 4.68 Å². The van der Waals surface area contributed by atoms with Crippen molar-refractivity contribution >= 4 is 0 Å². The zero-order valence-corrected chi connectivity index (χ0v) is 10.1. The summed E-state index contributed by atoms with van der Waals surface area (Å²) in [5.74, 6) is 0. The van der Waals surface area contributed by atoms with Gasteiger partial charge in [-0.15, -0.1) is 5.10 Å². The maximum Gasteiger partial charge on any atom is 0.113 e. The van der Waals surface area contributed by atoms with Gasteiger partial charge in [-0.3, -0.25) is 0 Å². The van der Waals surface area contributed by atoms with E-state index in [-0.39, 0.29) is 0 Å². The Bertz CT molecular complexity index is 656. The molecule has 3 rings (SSSR count). The van der Waals surface area contributed by atoms with Crippen molar-refractivity contribution in [2.45, 2.75) is 6.92 Å². The zero-order chi connectivity index (χ0) is 12.4. The summed E-state index contributed by atoms with van der Waals surface area (Å²) in [6.07, 6.45) is 1.96. The number of nitrogens with zero attached hydrogens (tertiary/aromatic N) is 3. The minimum atomic E-state index is 0.888. The van der Waals surface area contributed by atoms with Gasteiger partial charge in [0.15, 0.2) is 0 Å². The largest absolute Gasteiger partial charge is 0.220 e. The monoisotopic (exact) mass is 235 g/mol. The Hall–Kier alpha value is -2.42. The second-order valence-corrected chi connectivity index (χ2v) is 4.20. The Morgan fingerprint density at radius 2 is 1.61 bits per heavy atom. The first-order chi connectivity index (χ1) is 8.84. The lowest BCUT2D eigenvalue weighted by atomic mass is 10.2. The van der Waals surface area contributed by atoms with Gasteiger partial charge in [-0.2, -0.15) is 0 Å². The Morgan fingerprint density at radius 1 is 0.889 bits per heavy atom. The van der Waals surface area contributed by atoms with Gasteiger partial charge in [0, 0.05) is 5.56 Å². The van der Waals surface area contributed by atoms with Crippen LogP contribution in [-0.4, -0.2) is 15.0 Å². The van der Waals surface area contributed by atoms with E-state index in [1.165, 1.54) is 5.56 Å². The number of rotatable bonds is 2. The van der Waals surface area contributed by atoms with Crippen LogP contribution in [-0.2, 0) is 0 Å². The van der Waals surface area contributed by atoms with Crippen molar-refractivity contribution < 1.29 is 0 Å². The molecule has 1 heterocycles. The minimum absolute atomic E-state index is 0.888. The van der Waals surface area contributed by atoms with Gasteiger partial charge < -0.3 is 0 Å². The Kier molecular flexibility index (Phi) is 2.65. The summed E-state index contributed by atoms with van der Waals surface area (Å²) in [5, 5.41) is 8.41.